The summed E-state index contributed by atoms with van der Waals surface area (Å²) in [5, 5.41) is 0. The Morgan fingerprint density at radius 3 is 2.52 bits per heavy atom. The molecule has 6 heteroatoms. The Bertz CT molecular complexity index is 1040. The second-order valence-corrected chi connectivity index (χ2v) is 10.2. The Morgan fingerprint density at radius 1 is 1.13 bits per heavy atom. The van der Waals surface area contributed by atoms with Crippen LogP contribution < -0.4 is 0 Å². The normalized spacial score (nSPS) is 20.4. The lowest BCUT2D eigenvalue weighted by atomic mass is 10.1. The Morgan fingerprint density at radius 2 is 1.81 bits per heavy atom. The number of benzene rings is 2. The molecule has 162 valence electrons. The van der Waals surface area contributed by atoms with E-state index in [2.05, 4.69) is 12.1 Å². The number of thioether (sulfide) groups is 1. The van der Waals surface area contributed by atoms with Crippen molar-refractivity contribution in [3.63, 3.8) is 0 Å². The quantitative estimate of drug-likeness (QED) is 0.565. The predicted molar refractivity (Wildman–Crippen MR) is 125 cm³/mol. The molecule has 31 heavy (non-hydrogen) atoms. The highest BCUT2D eigenvalue weighted by Gasteiger charge is 2.47. The fourth-order valence-corrected chi connectivity index (χ4v) is 4.78. The lowest BCUT2D eigenvalue weighted by Crippen LogP contribution is -2.50. The molecular weight excluding hydrogens is 408 g/mol. The highest BCUT2D eigenvalue weighted by atomic mass is 32.2. The summed E-state index contributed by atoms with van der Waals surface area (Å²) < 4.78 is 11.8. The molecule has 1 saturated heterocycles. The first-order valence-electron chi connectivity index (χ1n) is 10.4. The summed E-state index contributed by atoms with van der Waals surface area (Å²) in [6, 6.07) is 17.9. The summed E-state index contributed by atoms with van der Waals surface area (Å²) in [5.74, 6) is 0. The van der Waals surface area contributed by atoms with E-state index in [1.54, 1.807) is 16.7 Å². The van der Waals surface area contributed by atoms with Crippen molar-refractivity contribution in [2.75, 3.05) is 6.61 Å². The molecule has 0 radical (unpaired) electrons. The molecule has 0 N–H and O–H groups in total. The van der Waals surface area contributed by atoms with Gasteiger partial charge in [0.05, 0.1) is 24.0 Å². The molecule has 0 spiro atoms. The van der Waals surface area contributed by atoms with Crippen LogP contribution in [0.4, 0.5) is 10.5 Å². The van der Waals surface area contributed by atoms with Gasteiger partial charge in [-0.15, -0.1) is 0 Å². The molecule has 2 heterocycles. The van der Waals surface area contributed by atoms with Crippen LogP contribution in [0, 0.1) is 0 Å². The topological polar surface area (TPSA) is 51.1 Å². The number of hydrogen-bond donors (Lipinski definition) is 0. The van der Waals surface area contributed by atoms with Crippen LogP contribution in [0.5, 0.6) is 0 Å². The van der Waals surface area contributed by atoms with Crippen molar-refractivity contribution < 1.29 is 14.3 Å². The molecule has 0 aromatic heterocycles. The Kier molecular flexibility index (Phi) is 5.71. The van der Waals surface area contributed by atoms with Crippen molar-refractivity contribution in [2.45, 2.75) is 56.9 Å². The Hall–Kier alpha value is -2.57. The maximum Gasteiger partial charge on any atom is 0.413 e. The number of allylic oxidation sites excluding steroid dienone is 1. The van der Waals surface area contributed by atoms with Crippen molar-refractivity contribution in [2.24, 2.45) is 4.99 Å². The van der Waals surface area contributed by atoms with Crippen molar-refractivity contribution in [3.8, 4) is 0 Å². The van der Waals surface area contributed by atoms with E-state index in [-0.39, 0.29) is 12.1 Å². The third-order valence-corrected chi connectivity index (χ3v) is 6.28. The van der Waals surface area contributed by atoms with Crippen molar-refractivity contribution >= 4 is 29.3 Å². The second-order valence-electron chi connectivity index (χ2n) is 9.10. The Labute approximate surface area is 188 Å². The molecule has 2 aromatic rings. The number of fused-ring (bicyclic) bond motifs is 1. The van der Waals surface area contributed by atoms with Gasteiger partial charge in [-0.3, -0.25) is 4.90 Å². The molecule has 1 amide bonds. The highest BCUT2D eigenvalue weighted by molar-refractivity contribution is 8.03. The zero-order valence-corrected chi connectivity index (χ0v) is 19.4. The molecule has 2 aliphatic heterocycles. The fourth-order valence-electron chi connectivity index (χ4n) is 3.68. The zero-order chi connectivity index (χ0) is 22.2. The molecule has 4 rings (SSSR count). The van der Waals surface area contributed by atoms with Gasteiger partial charge in [-0.05, 0) is 52.8 Å². The number of aliphatic imine (C=N–C) groups is 1. The van der Waals surface area contributed by atoms with Crippen molar-refractivity contribution in [1.29, 1.82) is 0 Å². The molecule has 0 saturated carbocycles. The van der Waals surface area contributed by atoms with Crippen LogP contribution in [0.2, 0.25) is 0 Å². The monoisotopic (exact) mass is 436 g/mol. The number of nitrogens with zero attached hydrogens (tertiary/aromatic N) is 2. The van der Waals surface area contributed by atoms with E-state index in [9.17, 15) is 4.79 Å². The van der Waals surface area contributed by atoms with E-state index in [0.29, 0.717) is 6.61 Å². The van der Waals surface area contributed by atoms with Gasteiger partial charge in [-0.1, -0.05) is 54.2 Å². The second kappa shape index (κ2) is 8.17. The maximum absolute atomic E-state index is 13.2. The lowest BCUT2D eigenvalue weighted by molar-refractivity contribution is -0.0611. The average Bonchev–Trinajstić information content (AvgIpc) is 2.90. The zero-order valence-electron chi connectivity index (χ0n) is 18.6. The van der Waals surface area contributed by atoms with Gasteiger partial charge in [0.2, 0.25) is 0 Å². The molecule has 0 aliphatic carbocycles. The molecule has 1 atom stereocenters. The van der Waals surface area contributed by atoms with Gasteiger partial charge in [0.15, 0.2) is 0 Å². The lowest BCUT2D eigenvalue weighted by Gasteiger charge is -2.35. The SMILES string of the molecule is CC(C)(C)OC(=O)N1C(C2=CC(c3ccccc3)=Nc3ccccc3S2)COC1(C)C. The average molecular weight is 437 g/mol. The van der Waals surface area contributed by atoms with Gasteiger partial charge in [0.25, 0.3) is 0 Å². The minimum absolute atomic E-state index is 0.269. The number of para-hydroxylation sites is 1. The van der Waals surface area contributed by atoms with Crippen LogP contribution in [-0.2, 0) is 9.47 Å². The number of carbonyl (C=O) groups is 1. The summed E-state index contributed by atoms with van der Waals surface area (Å²) in [6.45, 7) is 9.83. The highest BCUT2D eigenvalue weighted by Crippen LogP contribution is 2.43. The van der Waals surface area contributed by atoms with Crippen LogP contribution in [0.3, 0.4) is 0 Å². The minimum atomic E-state index is -0.774. The minimum Gasteiger partial charge on any atom is -0.444 e. The summed E-state index contributed by atoms with van der Waals surface area (Å²) in [7, 11) is 0. The number of ether oxygens (including phenoxy) is 2. The van der Waals surface area contributed by atoms with Gasteiger partial charge in [-0.25, -0.2) is 9.79 Å². The number of hydrogen-bond acceptors (Lipinski definition) is 5. The van der Waals surface area contributed by atoms with E-state index in [1.807, 2.05) is 83.1 Å². The van der Waals surface area contributed by atoms with Gasteiger partial charge in [0.1, 0.15) is 11.3 Å². The summed E-state index contributed by atoms with van der Waals surface area (Å²) in [5.41, 5.74) is 1.44. The molecule has 0 bridgehead atoms. The van der Waals surface area contributed by atoms with Crippen LogP contribution >= 0.6 is 11.8 Å². The molecule has 5 nitrogen and oxygen atoms in total. The third-order valence-electron chi connectivity index (χ3n) is 5.09. The van der Waals surface area contributed by atoms with Gasteiger partial charge >= 0.3 is 6.09 Å². The standard InChI is InChI=1S/C25H28N2O3S/c1-24(2,3)30-23(28)27-20(16-29-25(27,4)5)22-15-19(17-11-7-6-8-12-17)26-18-13-9-10-14-21(18)31-22/h6-15,20H,16H2,1-5H3. The van der Waals surface area contributed by atoms with E-state index in [1.165, 1.54) is 0 Å². The summed E-state index contributed by atoms with van der Waals surface area (Å²) in [4.78, 5) is 21.9. The van der Waals surface area contributed by atoms with Crippen LogP contribution in [-0.4, -0.2) is 40.7 Å². The molecule has 1 unspecified atom stereocenters. The maximum atomic E-state index is 13.2. The van der Waals surface area contributed by atoms with E-state index in [0.717, 1.165) is 26.8 Å². The Balaban J connectivity index is 1.77. The van der Waals surface area contributed by atoms with Gasteiger partial charge < -0.3 is 9.47 Å². The third kappa shape index (κ3) is 4.70. The molecule has 2 aliphatic rings. The molecule has 2 aromatic carbocycles. The molecular formula is C25H28N2O3S. The fraction of sp³-hybridized carbons (Fsp3) is 0.360. The first-order valence-corrected chi connectivity index (χ1v) is 11.2. The number of amides is 1. The largest absolute Gasteiger partial charge is 0.444 e. The van der Waals surface area contributed by atoms with E-state index in [4.69, 9.17) is 14.5 Å². The first-order chi connectivity index (χ1) is 14.6. The first kappa shape index (κ1) is 21.7. The molecule has 1 fully saturated rings. The number of carbonyl (C=O) groups excluding carboxylic acids is 1. The van der Waals surface area contributed by atoms with E-state index < -0.39 is 11.3 Å². The van der Waals surface area contributed by atoms with Crippen molar-refractivity contribution in [3.05, 3.63) is 71.1 Å². The van der Waals surface area contributed by atoms with Crippen LogP contribution in [0.1, 0.15) is 40.2 Å². The van der Waals surface area contributed by atoms with Gasteiger partial charge in [-0.2, -0.15) is 0 Å². The van der Waals surface area contributed by atoms with Crippen LogP contribution in [0.25, 0.3) is 0 Å². The van der Waals surface area contributed by atoms with E-state index >= 15 is 0 Å². The summed E-state index contributed by atoms with van der Waals surface area (Å²) in [6.07, 6.45) is 1.70. The smallest absolute Gasteiger partial charge is 0.413 e. The predicted octanol–water partition coefficient (Wildman–Crippen LogP) is 6.17. The number of rotatable bonds is 2. The van der Waals surface area contributed by atoms with Gasteiger partial charge in [0, 0.05) is 15.4 Å². The van der Waals surface area contributed by atoms with Crippen molar-refractivity contribution in [1.82, 2.24) is 4.90 Å². The van der Waals surface area contributed by atoms with Crippen LogP contribution in [0.15, 0.2) is 75.5 Å². The summed E-state index contributed by atoms with van der Waals surface area (Å²) >= 11 is 1.63.